The predicted molar refractivity (Wildman–Crippen MR) is 132 cm³/mol. The smallest absolute Gasteiger partial charge is 0.261 e. The van der Waals surface area contributed by atoms with Gasteiger partial charge in [-0.05, 0) is 55.0 Å². The third kappa shape index (κ3) is 5.16. The van der Waals surface area contributed by atoms with Crippen LogP contribution < -0.4 is 15.0 Å². The molecular formula is C26H25ClN2O5. The Morgan fingerprint density at radius 1 is 1.03 bits per heavy atom. The van der Waals surface area contributed by atoms with Crippen molar-refractivity contribution in [1.29, 1.82) is 0 Å². The quantitative estimate of drug-likeness (QED) is 0.345. The van der Waals surface area contributed by atoms with Crippen molar-refractivity contribution in [3.63, 3.8) is 0 Å². The summed E-state index contributed by atoms with van der Waals surface area (Å²) in [7, 11) is 1.61. The van der Waals surface area contributed by atoms with Crippen LogP contribution in [-0.4, -0.2) is 41.6 Å². The van der Waals surface area contributed by atoms with Gasteiger partial charge in [0.25, 0.3) is 5.56 Å². The molecule has 0 aliphatic heterocycles. The van der Waals surface area contributed by atoms with Crippen LogP contribution in [0, 0.1) is 6.92 Å². The number of halogens is 1. The summed E-state index contributed by atoms with van der Waals surface area (Å²) in [6.07, 6.45) is 0. The number of rotatable bonds is 9. The minimum atomic E-state index is -0.122. The first-order chi connectivity index (χ1) is 16.5. The molecule has 3 aromatic carbocycles. The SMILES string of the molecule is COc1ccc(-c2nc3ccccc3c(=O)n2CCOCCOc2c(C)cc(O)cc2Cl)cc1. The maximum Gasteiger partial charge on any atom is 0.261 e. The van der Waals surface area contributed by atoms with Crippen LogP contribution in [0.1, 0.15) is 5.56 Å². The van der Waals surface area contributed by atoms with E-state index in [0.29, 0.717) is 47.3 Å². The third-order valence-corrected chi connectivity index (χ3v) is 5.64. The Kier molecular flexibility index (Phi) is 7.35. The number of aromatic hydroxyl groups is 1. The molecule has 0 fully saturated rings. The van der Waals surface area contributed by atoms with Gasteiger partial charge in [0.15, 0.2) is 0 Å². The van der Waals surface area contributed by atoms with E-state index < -0.39 is 0 Å². The lowest BCUT2D eigenvalue weighted by Gasteiger charge is -2.15. The molecule has 0 saturated carbocycles. The molecule has 1 N–H and O–H groups in total. The van der Waals surface area contributed by atoms with Gasteiger partial charge in [0.2, 0.25) is 0 Å². The molecule has 34 heavy (non-hydrogen) atoms. The van der Waals surface area contributed by atoms with E-state index in [9.17, 15) is 9.90 Å². The Bertz CT molecular complexity index is 1330. The monoisotopic (exact) mass is 480 g/mol. The van der Waals surface area contributed by atoms with Crippen LogP contribution in [0.15, 0.2) is 65.5 Å². The number of fused-ring (bicyclic) bond motifs is 1. The molecule has 0 atom stereocenters. The Labute approximate surface area is 202 Å². The van der Waals surface area contributed by atoms with Crippen molar-refractivity contribution in [2.75, 3.05) is 26.9 Å². The Morgan fingerprint density at radius 3 is 2.53 bits per heavy atom. The fraction of sp³-hybridized carbons (Fsp3) is 0.231. The van der Waals surface area contributed by atoms with Gasteiger partial charge in [0, 0.05) is 11.6 Å². The van der Waals surface area contributed by atoms with Gasteiger partial charge in [-0.3, -0.25) is 9.36 Å². The third-order valence-electron chi connectivity index (χ3n) is 5.36. The molecule has 7 nitrogen and oxygen atoms in total. The molecule has 4 aromatic rings. The number of para-hydroxylation sites is 1. The Hall–Kier alpha value is -3.55. The first kappa shape index (κ1) is 23.6. The number of aryl methyl sites for hydroxylation is 1. The van der Waals surface area contributed by atoms with Crippen LogP contribution >= 0.6 is 11.6 Å². The van der Waals surface area contributed by atoms with E-state index >= 15 is 0 Å². The summed E-state index contributed by atoms with van der Waals surface area (Å²) in [4.78, 5) is 18.0. The van der Waals surface area contributed by atoms with Gasteiger partial charge in [-0.15, -0.1) is 0 Å². The Balaban J connectivity index is 1.47. The zero-order valence-electron chi connectivity index (χ0n) is 19.0. The zero-order valence-corrected chi connectivity index (χ0v) is 19.7. The minimum Gasteiger partial charge on any atom is -0.508 e. The van der Waals surface area contributed by atoms with Gasteiger partial charge in [0.1, 0.15) is 29.7 Å². The first-order valence-corrected chi connectivity index (χ1v) is 11.2. The standard InChI is InChI=1S/C26H25ClN2O5/c1-17-15-19(30)16-22(27)24(17)34-14-13-33-12-11-29-25(18-7-9-20(32-2)10-8-18)28-23-6-4-3-5-21(23)26(29)31/h3-10,15-16,30H,11-14H2,1-2H3. The van der Waals surface area contributed by atoms with Crippen LogP contribution in [0.5, 0.6) is 17.2 Å². The van der Waals surface area contributed by atoms with Crippen LogP contribution in [0.2, 0.25) is 5.02 Å². The average molecular weight is 481 g/mol. The van der Waals surface area contributed by atoms with Crippen molar-refractivity contribution in [1.82, 2.24) is 9.55 Å². The first-order valence-electron chi connectivity index (χ1n) is 10.8. The summed E-state index contributed by atoms with van der Waals surface area (Å²) in [5.74, 6) is 1.90. The molecule has 8 heteroatoms. The van der Waals surface area contributed by atoms with Gasteiger partial charge in [-0.1, -0.05) is 23.7 Å². The number of methoxy groups -OCH3 is 1. The summed E-state index contributed by atoms with van der Waals surface area (Å²) in [5.41, 5.74) is 2.07. The molecule has 0 aliphatic carbocycles. The second kappa shape index (κ2) is 10.6. The maximum absolute atomic E-state index is 13.2. The van der Waals surface area contributed by atoms with E-state index in [2.05, 4.69) is 0 Å². The second-order valence-corrected chi connectivity index (χ2v) is 8.08. The van der Waals surface area contributed by atoms with E-state index in [-0.39, 0.29) is 17.9 Å². The molecule has 0 amide bonds. The number of ether oxygens (including phenoxy) is 3. The predicted octanol–water partition coefficient (Wildman–Crippen LogP) is 4.84. The molecule has 0 spiro atoms. The van der Waals surface area contributed by atoms with Crippen molar-refractivity contribution in [3.8, 4) is 28.6 Å². The number of benzene rings is 3. The largest absolute Gasteiger partial charge is 0.508 e. The van der Waals surface area contributed by atoms with E-state index in [1.165, 1.54) is 6.07 Å². The van der Waals surface area contributed by atoms with E-state index in [0.717, 1.165) is 16.9 Å². The van der Waals surface area contributed by atoms with Gasteiger partial charge in [0.05, 0.1) is 42.8 Å². The highest BCUT2D eigenvalue weighted by molar-refractivity contribution is 6.32. The fourth-order valence-electron chi connectivity index (χ4n) is 3.69. The zero-order chi connectivity index (χ0) is 24.1. The molecule has 0 bridgehead atoms. The molecule has 0 aliphatic rings. The van der Waals surface area contributed by atoms with E-state index in [1.54, 1.807) is 23.8 Å². The highest BCUT2D eigenvalue weighted by Crippen LogP contribution is 2.32. The summed E-state index contributed by atoms with van der Waals surface area (Å²) in [6, 6.07) is 17.8. The van der Waals surface area contributed by atoms with Gasteiger partial charge in [-0.2, -0.15) is 0 Å². The lowest BCUT2D eigenvalue weighted by molar-refractivity contribution is 0.0939. The Morgan fingerprint density at radius 2 is 1.79 bits per heavy atom. The van der Waals surface area contributed by atoms with Gasteiger partial charge >= 0.3 is 0 Å². The van der Waals surface area contributed by atoms with Crippen molar-refractivity contribution >= 4 is 22.5 Å². The van der Waals surface area contributed by atoms with Gasteiger partial charge < -0.3 is 19.3 Å². The highest BCUT2D eigenvalue weighted by atomic mass is 35.5. The van der Waals surface area contributed by atoms with Crippen LogP contribution in [-0.2, 0) is 11.3 Å². The van der Waals surface area contributed by atoms with E-state index in [1.807, 2.05) is 49.4 Å². The summed E-state index contributed by atoms with van der Waals surface area (Å²) in [6.45, 7) is 3.03. The topological polar surface area (TPSA) is 82.8 Å². The van der Waals surface area contributed by atoms with Crippen LogP contribution in [0.3, 0.4) is 0 Å². The average Bonchev–Trinajstić information content (AvgIpc) is 2.83. The molecule has 0 unspecified atom stereocenters. The summed E-state index contributed by atoms with van der Waals surface area (Å²) < 4.78 is 18.3. The summed E-state index contributed by atoms with van der Waals surface area (Å²) in [5, 5.41) is 10.5. The van der Waals surface area contributed by atoms with Crippen LogP contribution in [0.4, 0.5) is 0 Å². The number of nitrogens with zero attached hydrogens (tertiary/aromatic N) is 2. The summed E-state index contributed by atoms with van der Waals surface area (Å²) >= 11 is 6.14. The number of phenols is 1. The minimum absolute atomic E-state index is 0.0909. The maximum atomic E-state index is 13.2. The number of hydrogen-bond acceptors (Lipinski definition) is 6. The number of hydrogen-bond donors (Lipinski definition) is 1. The molecule has 1 heterocycles. The lowest BCUT2D eigenvalue weighted by Crippen LogP contribution is -2.26. The fourth-order valence-corrected chi connectivity index (χ4v) is 4.01. The highest BCUT2D eigenvalue weighted by Gasteiger charge is 2.13. The van der Waals surface area contributed by atoms with Crippen LogP contribution in [0.25, 0.3) is 22.3 Å². The normalized spacial score (nSPS) is 11.0. The number of aromatic nitrogens is 2. The number of phenolic OH excluding ortho intramolecular Hbond substituents is 1. The van der Waals surface area contributed by atoms with Gasteiger partial charge in [-0.25, -0.2) is 4.98 Å². The lowest BCUT2D eigenvalue weighted by atomic mass is 10.1. The molecule has 4 rings (SSSR count). The second-order valence-electron chi connectivity index (χ2n) is 7.67. The van der Waals surface area contributed by atoms with Crippen molar-refractivity contribution in [2.45, 2.75) is 13.5 Å². The molecule has 0 radical (unpaired) electrons. The molecular weight excluding hydrogens is 456 g/mol. The van der Waals surface area contributed by atoms with Crippen molar-refractivity contribution in [3.05, 3.63) is 81.6 Å². The van der Waals surface area contributed by atoms with Crippen molar-refractivity contribution < 1.29 is 19.3 Å². The van der Waals surface area contributed by atoms with E-state index in [4.69, 9.17) is 30.8 Å². The molecule has 1 aromatic heterocycles. The molecule has 0 saturated heterocycles. The van der Waals surface area contributed by atoms with Crippen molar-refractivity contribution in [2.24, 2.45) is 0 Å². The molecule has 176 valence electrons.